The van der Waals surface area contributed by atoms with Crippen molar-refractivity contribution in [3.63, 3.8) is 0 Å². The predicted molar refractivity (Wildman–Crippen MR) is 533 cm³/mol. The summed E-state index contributed by atoms with van der Waals surface area (Å²) in [6.45, 7) is 44.3. The van der Waals surface area contributed by atoms with Crippen LogP contribution < -0.4 is 10.1 Å². The molecule has 6 unspecified atom stereocenters. The molecule has 0 fully saturated rings. The lowest BCUT2D eigenvalue weighted by molar-refractivity contribution is -0.215. The topological polar surface area (TPSA) is 287 Å². The first-order valence-electron chi connectivity index (χ1n) is 43.3. The van der Waals surface area contributed by atoms with Crippen LogP contribution in [0.4, 0.5) is 5.69 Å². The summed E-state index contributed by atoms with van der Waals surface area (Å²) in [5, 5.41) is 67.8. The summed E-state index contributed by atoms with van der Waals surface area (Å²) in [4.78, 5) is 36.3. The van der Waals surface area contributed by atoms with Crippen LogP contribution in [-0.2, 0) is 24.3 Å². The Morgan fingerprint density at radius 3 is 1.44 bits per heavy atom. The van der Waals surface area contributed by atoms with Gasteiger partial charge in [0, 0.05) is 81.6 Å². The van der Waals surface area contributed by atoms with Crippen molar-refractivity contribution >= 4 is 125 Å². The lowest BCUT2D eigenvalue weighted by Gasteiger charge is -2.19. The van der Waals surface area contributed by atoms with Gasteiger partial charge < -0.3 is 29.0 Å². The minimum Gasteiger partial charge on any atom is -0.464 e. The van der Waals surface area contributed by atoms with Gasteiger partial charge in [-0.25, -0.2) is 14.7 Å². The van der Waals surface area contributed by atoms with E-state index in [1.54, 1.807) is 18.4 Å². The van der Waals surface area contributed by atoms with Crippen LogP contribution in [0.25, 0.3) is 85.0 Å². The lowest BCUT2D eigenvalue weighted by atomic mass is 9.91. The summed E-state index contributed by atoms with van der Waals surface area (Å²) in [7, 11) is 4.54. The number of H-pyrrole nitrogens is 1. The number of aliphatic hydroxyl groups is 1. The monoisotopic (exact) mass is 1760 g/mol. The molecule has 5 heterocycles. The number of aliphatic hydroxyl groups excluding tert-OH is 1. The fraction of sp³-hybridized carbons (Fsp3) is 0.371. The number of rotatable bonds is 16. The lowest BCUT2D eigenvalue weighted by Crippen LogP contribution is -2.28. The highest BCUT2D eigenvalue weighted by Gasteiger charge is 2.27. The third kappa shape index (κ3) is 37.6. The van der Waals surface area contributed by atoms with Crippen molar-refractivity contribution < 1.29 is 79.7 Å². The van der Waals surface area contributed by atoms with E-state index in [0.29, 0.717) is 35.3 Å². The zero-order valence-corrected chi connectivity index (χ0v) is 80.4. The van der Waals surface area contributed by atoms with E-state index in [2.05, 4.69) is 257 Å². The van der Waals surface area contributed by atoms with Crippen LogP contribution in [0.5, 0.6) is 5.75 Å². The normalized spacial score (nSPS) is 11.4. The van der Waals surface area contributed by atoms with Gasteiger partial charge in [0.1, 0.15) is 22.5 Å². The van der Waals surface area contributed by atoms with Crippen molar-refractivity contribution in [3.8, 4) is 5.75 Å². The number of esters is 1. The molecule has 5 aromatic heterocycles. The minimum atomic E-state index is -0.407. The molecule has 18 nitrogen and oxygen atoms in total. The Balaban J connectivity index is 0.00000139. The number of anilines is 1. The van der Waals surface area contributed by atoms with E-state index in [1.165, 1.54) is 143 Å². The van der Waals surface area contributed by atoms with Crippen LogP contribution in [0.1, 0.15) is 248 Å². The number of fused-ring (bicyclic) bond motifs is 11. The number of aromatic amines is 1. The molecule has 10 aromatic carbocycles. The number of nitrogens with one attached hydrogen (secondary N) is 2. The van der Waals surface area contributed by atoms with Gasteiger partial charge in [-0.2, -0.15) is 0 Å². The number of para-hydroxylation sites is 4. The average molecular weight is 1760 g/mol. The maximum absolute atomic E-state index is 11.6. The van der Waals surface area contributed by atoms with Gasteiger partial charge in [0.05, 0.1) is 33.0 Å². The standard InChI is InChI=1S/C16H17N.C16H16O.C16H16S.C12H16O2.C12H14O.C12H14S.C11H15NO.3C2H6.3CH4O2.CH4O.2H2O2/c1-3-11(2)12-8-6-10-15-16(12)13-7-4-5-9-14(13)17-15;1-3-11(2)12-8-9-14-13-6-4-5-7-15(13)17-16(14)10-12;1-3-11(2)12-8-6-9-14-13-7-4-5-10-15(13)17-16(12)14;1-4-12(2,3)11(13)14-10-8-6-5-7-9-10;1-3-9(2)11-5-4-10-6-7-13-12(10)8-11;1-3-9(2)10-4-5-12-11(8-10)6-7-13-12;1-3-9(2)11(13)12-10-7-5-4-6-8-10;3*1-2;3*1-3-2;3*1-2/h4-11,17H,3H2,1-2H3;2*4-11H,3H2,1-2H3;5-9H,4H2,1-3H3;2*4-9H,3H2,1-2H3;4-9H,3H2,1-2H3,(H,12,13);3*1-2H3;3*2H,1H3;2H,1H3;2*1-2H. The molecule has 0 bridgehead atoms. The number of thiophene rings is 2. The fourth-order valence-corrected chi connectivity index (χ4v) is 14.2. The Hall–Kier alpha value is -9.98. The van der Waals surface area contributed by atoms with Gasteiger partial charge in [0.15, 0.2) is 0 Å². The number of furan rings is 2. The minimum absolute atomic E-state index is 0.0835. The first-order chi connectivity index (χ1) is 60.6. The molecule has 0 spiro atoms. The molecule has 0 aliphatic carbocycles. The highest BCUT2D eigenvalue weighted by atomic mass is 32.1. The molecule has 6 atom stereocenters. The van der Waals surface area contributed by atoms with Crippen LogP contribution >= 0.6 is 22.7 Å². The highest BCUT2D eigenvalue weighted by molar-refractivity contribution is 7.26. The van der Waals surface area contributed by atoms with E-state index in [0.717, 1.165) is 48.8 Å². The molecule has 20 heteroatoms. The van der Waals surface area contributed by atoms with E-state index >= 15 is 0 Å². The van der Waals surface area contributed by atoms with Gasteiger partial charge in [-0.05, 0) is 206 Å². The Bertz CT molecular complexity index is 5150. The molecular weight excluding hydrogens is 1610 g/mol. The van der Waals surface area contributed by atoms with Gasteiger partial charge in [-0.1, -0.05) is 289 Å². The maximum Gasteiger partial charge on any atom is 0.316 e. The predicted octanol–water partition coefficient (Wildman–Crippen LogP) is 32.6. The van der Waals surface area contributed by atoms with Crippen molar-refractivity contribution in [3.05, 3.63) is 276 Å². The number of amides is 1. The number of benzene rings is 10. The van der Waals surface area contributed by atoms with Crippen molar-refractivity contribution in [2.45, 2.75) is 220 Å². The number of hydrogen-bond acceptors (Lipinski definition) is 18. The third-order valence-corrected chi connectivity index (χ3v) is 22.8. The van der Waals surface area contributed by atoms with E-state index in [1.807, 2.05) is 166 Å². The summed E-state index contributed by atoms with van der Waals surface area (Å²) >= 11 is 3.75. The molecule has 0 saturated carbocycles. The molecule has 15 aromatic rings. The molecule has 0 radical (unpaired) electrons. The van der Waals surface area contributed by atoms with E-state index in [4.69, 9.17) is 55.5 Å². The van der Waals surface area contributed by atoms with Crippen LogP contribution in [-0.4, -0.2) is 87.2 Å². The fourth-order valence-electron chi connectivity index (χ4n) is 12.1. The van der Waals surface area contributed by atoms with Gasteiger partial charge >= 0.3 is 5.97 Å². The van der Waals surface area contributed by atoms with Crippen molar-refractivity contribution in [1.29, 1.82) is 0 Å². The first kappa shape index (κ1) is 115. The van der Waals surface area contributed by atoms with Gasteiger partial charge in [-0.3, -0.25) is 46.4 Å². The second-order valence-electron chi connectivity index (χ2n) is 28.8. The van der Waals surface area contributed by atoms with Crippen LogP contribution in [0, 0.1) is 11.3 Å². The quantitative estimate of drug-likeness (QED) is 0.0186. The molecule has 0 aliphatic heterocycles. The van der Waals surface area contributed by atoms with Gasteiger partial charge in [-0.15, -0.1) is 22.7 Å². The Labute approximate surface area is 752 Å². The van der Waals surface area contributed by atoms with Crippen LogP contribution in [0.15, 0.2) is 257 Å². The largest absolute Gasteiger partial charge is 0.464 e. The van der Waals surface area contributed by atoms with E-state index < -0.39 is 5.41 Å². The van der Waals surface area contributed by atoms with Crippen LogP contribution in [0.3, 0.4) is 0 Å². The van der Waals surface area contributed by atoms with E-state index in [-0.39, 0.29) is 17.8 Å². The smallest absolute Gasteiger partial charge is 0.316 e. The number of ether oxygens (including phenoxy) is 1. The summed E-state index contributed by atoms with van der Waals surface area (Å²) in [6.07, 6.45) is 9.32. The summed E-state index contributed by atoms with van der Waals surface area (Å²) in [6, 6.07) is 81.5. The number of aromatic nitrogens is 1. The molecule has 1 amide bonds. The summed E-state index contributed by atoms with van der Waals surface area (Å²) in [5.41, 5.74) is 13.1. The summed E-state index contributed by atoms with van der Waals surface area (Å²) in [5.74, 6) is 3.76. The molecule has 125 heavy (non-hydrogen) atoms. The molecule has 684 valence electrons. The molecule has 10 N–H and O–H groups in total. The van der Waals surface area contributed by atoms with Crippen molar-refractivity contribution in [2.24, 2.45) is 11.3 Å². The highest BCUT2D eigenvalue weighted by Crippen LogP contribution is 2.40. The Morgan fingerprint density at radius 2 is 0.880 bits per heavy atom. The second kappa shape index (κ2) is 67.4. The summed E-state index contributed by atoms with van der Waals surface area (Å²) < 4.78 is 20.7. The maximum atomic E-state index is 11.6. The number of carbonyl (C=O) groups excluding carboxylic acids is 2. The first-order valence-corrected chi connectivity index (χ1v) is 45.0. The second-order valence-corrected chi connectivity index (χ2v) is 30.8. The van der Waals surface area contributed by atoms with Crippen LogP contribution in [0.2, 0.25) is 0 Å². The Morgan fingerprint density at radius 1 is 0.432 bits per heavy atom. The van der Waals surface area contributed by atoms with Crippen molar-refractivity contribution in [2.75, 3.05) is 33.8 Å². The third-order valence-electron chi connectivity index (χ3n) is 20.7. The Kier molecular flexibility index (Phi) is 62.0. The van der Waals surface area contributed by atoms with Crippen molar-refractivity contribution in [1.82, 2.24) is 4.98 Å². The zero-order chi connectivity index (χ0) is 94.4. The number of carbonyl (C=O) groups is 2. The molecule has 0 aliphatic rings. The van der Waals surface area contributed by atoms with Gasteiger partial charge in [0.2, 0.25) is 5.91 Å². The molecule has 15 rings (SSSR count). The van der Waals surface area contributed by atoms with E-state index in [9.17, 15) is 9.59 Å². The molecular formula is C105H146N2O16S2. The SMILES string of the molecule is CC.CC.CC.CCC(C)(C)C(=O)Oc1ccccc1.CCC(C)C(=O)Nc1ccccc1.CCC(C)c1ccc2c(c1)oc1ccccc12.CCC(C)c1ccc2ccoc2c1.CCC(C)c1ccc2sccc2c1.CCC(C)c1cccc2[nH]c3ccccc3c12.CCC(C)c1cccc2c1sc1ccccc12.CO.COO.COO.COO.OO.OO. The number of hydrogen-bond donors (Lipinski definition) is 10. The molecule has 0 saturated heterocycles. The average Bonchev–Trinajstić information content (AvgIpc) is 1.62. The van der Waals surface area contributed by atoms with Gasteiger partial charge in [0.25, 0.3) is 0 Å². The zero-order valence-electron chi connectivity index (χ0n) is 78.7.